The number of sulfonamides is 1. The van der Waals surface area contributed by atoms with E-state index < -0.39 is 28.0 Å². The summed E-state index contributed by atoms with van der Waals surface area (Å²) in [6.07, 6.45) is 0.135. The van der Waals surface area contributed by atoms with Gasteiger partial charge in [-0.25, -0.2) is 13.2 Å². The molecule has 0 saturated heterocycles. The Kier molecular flexibility index (Phi) is 6.71. The Labute approximate surface area is 135 Å². The van der Waals surface area contributed by atoms with Crippen LogP contribution in [-0.2, 0) is 19.6 Å². The zero-order chi connectivity index (χ0) is 17.6. The van der Waals surface area contributed by atoms with Crippen LogP contribution in [0.5, 0.6) is 0 Å². The summed E-state index contributed by atoms with van der Waals surface area (Å²) in [5.74, 6) is -2.06. The van der Waals surface area contributed by atoms with Crippen molar-refractivity contribution in [2.75, 3.05) is 6.61 Å². The number of benzene rings is 1. The number of carbonyl (C=O) groups excluding carboxylic acids is 1. The molecule has 0 aliphatic rings. The number of carboxylic acid groups (broad SMARTS) is 1. The molecule has 0 heterocycles. The van der Waals surface area contributed by atoms with Crippen LogP contribution in [0.25, 0.3) is 0 Å². The maximum atomic E-state index is 12.5. The lowest BCUT2D eigenvalue weighted by Gasteiger charge is -2.17. The standard InChI is InChI=1S/C15H21NO6S/c1-4-22-15(19)11-7-5-6-8-13(11)23(20,21)16-12(14(17)18)9-10(2)3/h5-8,10,12,16H,4,9H2,1-3H3,(H,17,18)/t12-/m1/s1. The SMILES string of the molecule is CCOC(=O)c1ccccc1S(=O)(=O)N[C@H](CC(C)C)C(=O)O. The molecule has 0 aliphatic heterocycles. The van der Waals surface area contributed by atoms with Crippen molar-refractivity contribution < 1.29 is 27.9 Å². The molecule has 0 radical (unpaired) electrons. The molecule has 1 aromatic carbocycles. The number of ether oxygens (including phenoxy) is 1. The third-order valence-corrected chi connectivity index (χ3v) is 4.50. The second-order valence-electron chi connectivity index (χ2n) is 5.36. The van der Waals surface area contributed by atoms with Crippen molar-refractivity contribution in [1.82, 2.24) is 4.72 Å². The van der Waals surface area contributed by atoms with Crippen molar-refractivity contribution in [3.63, 3.8) is 0 Å². The highest BCUT2D eigenvalue weighted by atomic mass is 32.2. The van der Waals surface area contributed by atoms with Crippen LogP contribution in [0.1, 0.15) is 37.6 Å². The lowest BCUT2D eigenvalue weighted by Crippen LogP contribution is -2.42. The van der Waals surface area contributed by atoms with E-state index in [4.69, 9.17) is 4.74 Å². The Bertz CT molecular complexity index is 668. The van der Waals surface area contributed by atoms with Gasteiger partial charge in [-0.15, -0.1) is 0 Å². The van der Waals surface area contributed by atoms with E-state index in [2.05, 4.69) is 4.72 Å². The Hall–Kier alpha value is -1.93. The smallest absolute Gasteiger partial charge is 0.339 e. The average molecular weight is 343 g/mol. The minimum atomic E-state index is -4.18. The van der Waals surface area contributed by atoms with Crippen LogP contribution in [0.4, 0.5) is 0 Å². The van der Waals surface area contributed by atoms with Gasteiger partial charge in [0.05, 0.1) is 17.1 Å². The fraction of sp³-hybridized carbons (Fsp3) is 0.467. The molecular weight excluding hydrogens is 322 g/mol. The summed E-state index contributed by atoms with van der Waals surface area (Å²) < 4.78 is 31.9. The first-order valence-electron chi connectivity index (χ1n) is 7.20. The first-order chi connectivity index (χ1) is 10.7. The summed E-state index contributed by atoms with van der Waals surface area (Å²) in [6, 6.07) is 4.26. The molecule has 0 spiro atoms. The number of hydrogen-bond donors (Lipinski definition) is 2. The Morgan fingerprint density at radius 1 is 1.26 bits per heavy atom. The molecule has 1 rings (SSSR count). The molecule has 8 heteroatoms. The minimum absolute atomic E-state index is 0.0147. The van der Waals surface area contributed by atoms with Gasteiger partial charge in [0.25, 0.3) is 0 Å². The highest BCUT2D eigenvalue weighted by molar-refractivity contribution is 7.89. The molecule has 23 heavy (non-hydrogen) atoms. The van der Waals surface area contributed by atoms with Gasteiger partial charge in [0.1, 0.15) is 6.04 Å². The van der Waals surface area contributed by atoms with Gasteiger partial charge in [0.15, 0.2) is 0 Å². The molecule has 7 nitrogen and oxygen atoms in total. The van der Waals surface area contributed by atoms with E-state index in [1.165, 1.54) is 24.3 Å². The first-order valence-corrected chi connectivity index (χ1v) is 8.68. The molecule has 0 fully saturated rings. The third-order valence-electron chi connectivity index (χ3n) is 2.97. The van der Waals surface area contributed by atoms with E-state index in [0.29, 0.717) is 0 Å². The number of hydrogen-bond acceptors (Lipinski definition) is 5. The molecule has 0 aliphatic carbocycles. The molecule has 1 atom stereocenters. The van der Waals surface area contributed by atoms with E-state index in [-0.39, 0.29) is 29.4 Å². The van der Waals surface area contributed by atoms with Crippen molar-refractivity contribution in [1.29, 1.82) is 0 Å². The van der Waals surface area contributed by atoms with Crippen LogP contribution in [0.3, 0.4) is 0 Å². The lowest BCUT2D eigenvalue weighted by atomic mass is 10.1. The number of esters is 1. The van der Waals surface area contributed by atoms with E-state index in [9.17, 15) is 23.1 Å². The summed E-state index contributed by atoms with van der Waals surface area (Å²) in [5.41, 5.74) is -0.129. The van der Waals surface area contributed by atoms with Crippen molar-refractivity contribution in [2.24, 2.45) is 5.92 Å². The van der Waals surface area contributed by atoms with E-state index in [1.807, 2.05) is 0 Å². The first kappa shape index (κ1) is 19.1. The number of rotatable bonds is 8. The normalized spacial score (nSPS) is 12.9. The largest absolute Gasteiger partial charge is 0.480 e. The molecule has 0 bridgehead atoms. The van der Waals surface area contributed by atoms with Crippen LogP contribution < -0.4 is 4.72 Å². The summed E-state index contributed by atoms with van der Waals surface area (Å²) in [5, 5.41) is 9.18. The number of carbonyl (C=O) groups is 2. The fourth-order valence-electron chi connectivity index (χ4n) is 2.00. The fourth-order valence-corrected chi connectivity index (χ4v) is 3.40. The van der Waals surface area contributed by atoms with Gasteiger partial charge < -0.3 is 9.84 Å². The number of aliphatic carboxylic acids is 1. The Morgan fingerprint density at radius 2 is 1.87 bits per heavy atom. The van der Waals surface area contributed by atoms with Gasteiger partial charge in [0, 0.05) is 0 Å². The topological polar surface area (TPSA) is 110 Å². The highest BCUT2D eigenvalue weighted by Gasteiger charge is 2.29. The monoisotopic (exact) mass is 343 g/mol. The Balaban J connectivity index is 3.18. The number of nitrogens with one attached hydrogen (secondary N) is 1. The molecule has 0 amide bonds. The van der Waals surface area contributed by atoms with Gasteiger partial charge in [-0.1, -0.05) is 26.0 Å². The quantitative estimate of drug-likeness (QED) is 0.694. The molecule has 0 saturated carbocycles. The molecule has 2 N–H and O–H groups in total. The third kappa shape index (κ3) is 5.33. The van der Waals surface area contributed by atoms with Crippen LogP contribution >= 0.6 is 0 Å². The molecule has 1 aromatic rings. The van der Waals surface area contributed by atoms with Gasteiger partial charge >= 0.3 is 11.9 Å². The molecule has 128 valence electrons. The van der Waals surface area contributed by atoms with E-state index >= 15 is 0 Å². The zero-order valence-corrected chi connectivity index (χ0v) is 14.1. The van der Waals surface area contributed by atoms with Crippen molar-refractivity contribution in [2.45, 2.75) is 38.1 Å². The predicted octanol–water partition coefficient (Wildman–Crippen LogP) is 1.64. The van der Waals surface area contributed by atoms with Crippen molar-refractivity contribution >= 4 is 22.0 Å². The van der Waals surface area contributed by atoms with E-state index in [0.717, 1.165) is 0 Å². The predicted molar refractivity (Wildman–Crippen MR) is 83.6 cm³/mol. The maximum Gasteiger partial charge on any atom is 0.339 e. The van der Waals surface area contributed by atoms with Gasteiger partial charge in [-0.2, -0.15) is 4.72 Å². The van der Waals surface area contributed by atoms with E-state index in [1.54, 1.807) is 20.8 Å². The average Bonchev–Trinajstić information content (AvgIpc) is 2.46. The Morgan fingerprint density at radius 3 is 2.39 bits per heavy atom. The van der Waals surface area contributed by atoms with Gasteiger partial charge in [0.2, 0.25) is 10.0 Å². The summed E-state index contributed by atoms with van der Waals surface area (Å²) in [6.45, 7) is 5.29. The van der Waals surface area contributed by atoms with Crippen LogP contribution in [0.15, 0.2) is 29.2 Å². The highest BCUT2D eigenvalue weighted by Crippen LogP contribution is 2.18. The second-order valence-corrected chi connectivity index (χ2v) is 7.04. The van der Waals surface area contributed by atoms with Crippen LogP contribution in [-0.4, -0.2) is 38.1 Å². The zero-order valence-electron chi connectivity index (χ0n) is 13.3. The van der Waals surface area contributed by atoms with Crippen molar-refractivity contribution in [3.05, 3.63) is 29.8 Å². The molecule has 0 unspecified atom stereocenters. The summed E-state index contributed by atoms with van der Waals surface area (Å²) in [7, 11) is -4.18. The maximum absolute atomic E-state index is 12.5. The second kappa shape index (κ2) is 8.07. The molecule has 0 aromatic heterocycles. The van der Waals surface area contributed by atoms with Crippen molar-refractivity contribution in [3.8, 4) is 0 Å². The van der Waals surface area contributed by atoms with Crippen LogP contribution in [0.2, 0.25) is 0 Å². The summed E-state index contributed by atoms with van der Waals surface area (Å²) >= 11 is 0. The summed E-state index contributed by atoms with van der Waals surface area (Å²) in [4.78, 5) is 22.8. The lowest BCUT2D eigenvalue weighted by molar-refractivity contribution is -0.139. The van der Waals surface area contributed by atoms with Gasteiger partial charge in [-0.3, -0.25) is 4.79 Å². The van der Waals surface area contributed by atoms with Crippen LogP contribution in [0, 0.1) is 5.92 Å². The number of carboxylic acids is 1. The minimum Gasteiger partial charge on any atom is -0.480 e. The molecular formula is C15H21NO6S. The van der Waals surface area contributed by atoms with Gasteiger partial charge in [-0.05, 0) is 31.4 Å².